The van der Waals surface area contributed by atoms with Crippen LogP contribution in [0.4, 0.5) is 0 Å². The van der Waals surface area contributed by atoms with Gasteiger partial charge in [-0.3, -0.25) is 0 Å². The zero-order valence-electron chi connectivity index (χ0n) is 4.97. The number of hydrogen-bond donors (Lipinski definition) is 1. The van der Waals surface area contributed by atoms with Crippen molar-refractivity contribution < 1.29 is 4.89 Å². The Balaban J connectivity index is 3.82. The van der Waals surface area contributed by atoms with E-state index in [1.807, 2.05) is 13.8 Å². The van der Waals surface area contributed by atoms with Gasteiger partial charge in [0.2, 0.25) is 0 Å². The maximum atomic E-state index is 8.98. The fraction of sp³-hybridized carbons (Fsp3) is 1.00. The van der Waals surface area contributed by atoms with Crippen molar-refractivity contribution in [3.63, 3.8) is 0 Å². The molecule has 1 nitrogen and oxygen atoms in total. The minimum atomic E-state index is -2.45. The van der Waals surface area contributed by atoms with Crippen molar-refractivity contribution in [2.45, 2.75) is 25.9 Å². The van der Waals surface area contributed by atoms with Gasteiger partial charge in [-0.15, -0.1) is 0 Å². The normalized spacial score (nSPS) is 22.0. The summed E-state index contributed by atoms with van der Waals surface area (Å²) in [6, 6.07) is 0. The van der Waals surface area contributed by atoms with Gasteiger partial charge in [0.25, 0.3) is 0 Å². The predicted octanol–water partition coefficient (Wildman–Crippen LogP) is 2.33. The van der Waals surface area contributed by atoms with Crippen LogP contribution in [0.3, 0.4) is 0 Å². The van der Waals surface area contributed by atoms with Crippen LogP contribution in [0.1, 0.15) is 20.3 Å². The molecular weight excluding hydrogens is 163 g/mol. The molecule has 0 saturated carbocycles. The minimum Gasteiger partial charge on any atom is -0.354 e. The summed E-state index contributed by atoms with van der Waals surface area (Å²) in [6.07, 6.45) is 0.858. The molecule has 0 saturated heterocycles. The maximum absolute atomic E-state index is 8.98. The third-order valence-corrected chi connectivity index (χ3v) is 4.67. The van der Waals surface area contributed by atoms with E-state index in [-0.39, 0.29) is 5.66 Å². The molecule has 1 N–H and O–H groups in total. The Morgan fingerprint density at radius 3 is 2.25 bits per heavy atom. The molecule has 0 aliphatic rings. The SMILES string of the molecule is CCC(C)P(O)(=S)Cl. The Morgan fingerprint density at radius 1 is 1.88 bits per heavy atom. The van der Waals surface area contributed by atoms with E-state index in [0.717, 1.165) is 6.42 Å². The third kappa shape index (κ3) is 3.03. The van der Waals surface area contributed by atoms with Crippen LogP contribution in [0, 0.1) is 0 Å². The van der Waals surface area contributed by atoms with Crippen molar-refractivity contribution in [2.75, 3.05) is 0 Å². The van der Waals surface area contributed by atoms with E-state index >= 15 is 0 Å². The van der Waals surface area contributed by atoms with Gasteiger partial charge in [0.05, 0.1) is 0 Å². The zero-order chi connectivity index (χ0) is 6.78. The topological polar surface area (TPSA) is 20.2 Å². The lowest BCUT2D eigenvalue weighted by molar-refractivity contribution is 0.618. The lowest BCUT2D eigenvalue weighted by atomic mass is 10.4. The van der Waals surface area contributed by atoms with Gasteiger partial charge in [-0.2, -0.15) is 0 Å². The van der Waals surface area contributed by atoms with E-state index < -0.39 is 5.62 Å². The molecular formula is C4H10ClOPS. The number of halogens is 1. The van der Waals surface area contributed by atoms with Crippen molar-refractivity contribution >= 4 is 28.7 Å². The molecule has 0 aromatic carbocycles. The third-order valence-electron chi connectivity index (χ3n) is 1.13. The molecule has 0 amide bonds. The molecule has 8 heavy (non-hydrogen) atoms. The first kappa shape index (κ1) is 8.90. The lowest BCUT2D eigenvalue weighted by Crippen LogP contribution is -1.94. The zero-order valence-corrected chi connectivity index (χ0v) is 7.43. The molecule has 2 unspecified atom stereocenters. The molecule has 50 valence electrons. The molecule has 0 radical (unpaired) electrons. The Morgan fingerprint density at radius 2 is 2.25 bits per heavy atom. The molecule has 4 heteroatoms. The average Bonchev–Trinajstić information content (AvgIpc) is 1.62. The summed E-state index contributed by atoms with van der Waals surface area (Å²) >= 11 is 10.1. The first-order valence-electron chi connectivity index (χ1n) is 2.50. The van der Waals surface area contributed by atoms with Crippen molar-refractivity contribution in [3.05, 3.63) is 0 Å². The van der Waals surface area contributed by atoms with Crippen LogP contribution in [0.2, 0.25) is 0 Å². The van der Waals surface area contributed by atoms with Gasteiger partial charge in [-0.05, 0) is 6.42 Å². The van der Waals surface area contributed by atoms with Gasteiger partial charge >= 0.3 is 0 Å². The summed E-state index contributed by atoms with van der Waals surface area (Å²) < 4.78 is 0. The fourth-order valence-electron chi connectivity index (χ4n) is 0.225. The Bertz CT molecular complexity index is 111. The molecule has 0 bridgehead atoms. The predicted molar refractivity (Wildman–Crippen MR) is 42.1 cm³/mol. The highest BCUT2D eigenvalue weighted by Crippen LogP contribution is 2.52. The molecule has 0 aliphatic carbocycles. The van der Waals surface area contributed by atoms with E-state index in [9.17, 15) is 0 Å². The second-order valence-electron chi connectivity index (χ2n) is 1.80. The van der Waals surface area contributed by atoms with Gasteiger partial charge in [0.15, 0.2) is 5.62 Å². The smallest absolute Gasteiger partial charge is 0.151 e. The van der Waals surface area contributed by atoms with Gasteiger partial charge in [0, 0.05) is 5.66 Å². The van der Waals surface area contributed by atoms with E-state index in [2.05, 4.69) is 11.8 Å². The second-order valence-corrected chi connectivity index (χ2v) is 7.59. The van der Waals surface area contributed by atoms with E-state index in [1.54, 1.807) is 0 Å². The summed E-state index contributed by atoms with van der Waals surface area (Å²) in [4.78, 5) is 8.98. The summed E-state index contributed by atoms with van der Waals surface area (Å²) in [5, 5.41) is 0. The fourth-order valence-corrected chi connectivity index (χ4v) is 1.54. The largest absolute Gasteiger partial charge is 0.354 e. The van der Waals surface area contributed by atoms with Crippen LogP contribution in [-0.2, 0) is 11.8 Å². The molecule has 0 heterocycles. The lowest BCUT2D eigenvalue weighted by Gasteiger charge is -2.12. The molecule has 0 spiro atoms. The molecule has 0 aromatic rings. The Labute approximate surface area is 59.9 Å². The van der Waals surface area contributed by atoms with Crippen LogP contribution in [0.5, 0.6) is 0 Å². The molecule has 0 aromatic heterocycles. The first-order valence-corrected chi connectivity index (χ1v) is 6.23. The highest BCUT2D eigenvalue weighted by atomic mass is 35.7. The van der Waals surface area contributed by atoms with E-state index in [4.69, 9.17) is 16.1 Å². The summed E-state index contributed by atoms with van der Waals surface area (Å²) in [6.45, 7) is 3.83. The van der Waals surface area contributed by atoms with Crippen LogP contribution < -0.4 is 0 Å². The van der Waals surface area contributed by atoms with Crippen LogP contribution in [-0.4, -0.2) is 10.6 Å². The summed E-state index contributed by atoms with van der Waals surface area (Å²) in [7, 11) is 0. The summed E-state index contributed by atoms with van der Waals surface area (Å²) in [5.74, 6) is 0. The maximum Gasteiger partial charge on any atom is 0.151 e. The van der Waals surface area contributed by atoms with Gasteiger partial charge in [-0.1, -0.05) is 36.9 Å². The summed E-state index contributed by atoms with van der Waals surface area (Å²) in [5.41, 5.74) is -2.35. The highest BCUT2D eigenvalue weighted by molar-refractivity contribution is 8.24. The van der Waals surface area contributed by atoms with Crippen molar-refractivity contribution in [3.8, 4) is 0 Å². The molecule has 0 aliphatic heterocycles. The van der Waals surface area contributed by atoms with Gasteiger partial charge < -0.3 is 4.89 Å². The second kappa shape index (κ2) is 3.17. The van der Waals surface area contributed by atoms with Crippen LogP contribution in [0.25, 0.3) is 0 Å². The minimum absolute atomic E-state index is 0.0965. The van der Waals surface area contributed by atoms with E-state index in [1.165, 1.54) is 0 Å². The van der Waals surface area contributed by atoms with Crippen LogP contribution >= 0.6 is 16.9 Å². The molecule has 2 atom stereocenters. The standard InChI is InChI=1S/C4H10ClOPS/c1-3-4(2)7(5,6)8/h4H,3H2,1-2H3,(H,6,8). The average molecular weight is 173 g/mol. The quantitative estimate of drug-likeness (QED) is 0.646. The van der Waals surface area contributed by atoms with Crippen molar-refractivity contribution in [1.82, 2.24) is 0 Å². The number of rotatable bonds is 2. The highest BCUT2D eigenvalue weighted by Gasteiger charge is 2.15. The first-order chi connectivity index (χ1) is 3.48. The van der Waals surface area contributed by atoms with Gasteiger partial charge in [0.1, 0.15) is 0 Å². The van der Waals surface area contributed by atoms with Crippen LogP contribution in [0.15, 0.2) is 0 Å². The van der Waals surface area contributed by atoms with Gasteiger partial charge in [-0.25, -0.2) is 0 Å². The number of hydrogen-bond acceptors (Lipinski definition) is 1. The Hall–Kier alpha value is 0.900. The monoisotopic (exact) mass is 172 g/mol. The Kier molecular flexibility index (Phi) is 3.52. The van der Waals surface area contributed by atoms with Crippen molar-refractivity contribution in [1.29, 1.82) is 0 Å². The van der Waals surface area contributed by atoms with Crippen molar-refractivity contribution in [2.24, 2.45) is 0 Å². The molecule has 0 rings (SSSR count). The van der Waals surface area contributed by atoms with E-state index in [0.29, 0.717) is 0 Å². The molecule has 0 fully saturated rings.